The van der Waals surface area contributed by atoms with E-state index in [1.165, 1.54) is 4.90 Å². The fourth-order valence-electron chi connectivity index (χ4n) is 2.53. The maximum absolute atomic E-state index is 12.4. The van der Waals surface area contributed by atoms with E-state index in [-0.39, 0.29) is 30.6 Å². The summed E-state index contributed by atoms with van der Waals surface area (Å²) in [4.78, 5) is 36.1. The number of aliphatic carboxylic acids is 1. The van der Waals surface area contributed by atoms with E-state index in [0.717, 1.165) is 18.0 Å². The summed E-state index contributed by atoms with van der Waals surface area (Å²) in [6.45, 7) is 4.26. The minimum absolute atomic E-state index is 0.127. The monoisotopic (exact) mass is 311 g/mol. The molecule has 1 rings (SSSR count). The van der Waals surface area contributed by atoms with Gasteiger partial charge in [-0.15, -0.1) is 0 Å². The van der Waals surface area contributed by atoms with Gasteiger partial charge in [0, 0.05) is 24.1 Å². The fourth-order valence-corrected chi connectivity index (χ4v) is 3.04. The average molecular weight is 311 g/mol. The molecule has 0 aromatic rings. The molecule has 1 aliphatic heterocycles. The molecular formula is C14H22BNO4S. The number of imide groups is 1. The lowest BCUT2D eigenvalue weighted by atomic mass is 9.89. The van der Waals surface area contributed by atoms with Crippen molar-refractivity contribution in [2.24, 2.45) is 5.92 Å². The first kappa shape index (κ1) is 18.1. The van der Waals surface area contributed by atoms with Gasteiger partial charge in [0.15, 0.2) is 7.12 Å². The van der Waals surface area contributed by atoms with Crippen molar-refractivity contribution < 1.29 is 19.5 Å². The van der Waals surface area contributed by atoms with Crippen LogP contribution in [0.3, 0.4) is 0 Å². The van der Waals surface area contributed by atoms with E-state index in [4.69, 9.17) is 12.2 Å². The second kappa shape index (κ2) is 7.87. The highest BCUT2D eigenvalue weighted by molar-refractivity contribution is 8.20. The molecule has 116 valence electrons. The SMILES string of the molecule is [B]SC(C)(CC)C1CC(=O)N(CCCCCC(=O)O)C1=O. The van der Waals surface area contributed by atoms with Crippen LogP contribution in [0.5, 0.6) is 0 Å². The molecule has 7 heteroatoms. The van der Waals surface area contributed by atoms with Gasteiger partial charge in [-0.1, -0.05) is 20.3 Å². The molecule has 0 aromatic carbocycles. The molecular weight excluding hydrogens is 289 g/mol. The summed E-state index contributed by atoms with van der Waals surface area (Å²) in [5.41, 5.74) is 0. The van der Waals surface area contributed by atoms with Gasteiger partial charge in [0.25, 0.3) is 0 Å². The lowest BCUT2D eigenvalue weighted by molar-refractivity contribution is -0.140. The minimum atomic E-state index is -0.818. The first-order valence-corrected chi connectivity index (χ1v) is 8.17. The Bertz CT molecular complexity index is 412. The molecule has 0 aliphatic carbocycles. The van der Waals surface area contributed by atoms with Crippen molar-refractivity contribution in [2.45, 2.75) is 57.1 Å². The lowest BCUT2D eigenvalue weighted by Gasteiger charge is -2.31. The number of rotatable bonds is 9. The van der Waals surface area contributed by atoms with Crippen LogP contribution in [0, 0.1) is 5.92 Å². The highest BCUT2D eigenvalue weighted by Crippen LogP contribution is 2.40. The summed E-state index contributed by atoms with van der Waals surface area (Å²) < 4.78 is -0.412. The normalized spacial score (nSPS) is 21.6. The van der Waals surface area contributed by atoms with Gasteiger partial charge in [0.1, 0.15) is 0 Å². The van der Waals surface area contributed by atoms with E-state index < -0.39 is 10.7 Å². The zero-order valence-electron chi connectivity index (χ0n) is 12.6. The predicted molar refractivity (Wildman–Crippen MR) is 83.0 cm³/mol. The van der Waals surface area contributed by atoms with Crippen molar-refractivity contribution in [3.05, 3.63) is 0 Å². The highest BCUT2D eigenvalue weighted by atomic mass is 32.2. The number of hydrogen-bond acceptors (Lipinski definition) is 4. The number of carboxylic acid groups (broad SMARTS) is 1. The van der Waals surface area contributed by atoms with Crippen LogP contribution in [0.1, 0.15) is 52.4 Å². The smallest absolute Gasteiger partial charge is 0.303 e. The molecule has 2 atom stereocenters. The van der Waals surface area contributed by atoms with Gasteiger partial charge in [-0.3, -0.25) is 19.3 Å². The Balaban J connectivity index is 2.52. The Morgan fingerprint density at radius 1 is 1.43 bits per heavy atom. The third-order valence-corrected chi connectivity index (χ3v) is 5.34. The van der Waals surface area contributed by atoms with Crippen molar-refractivity contribution in [3.63, 3.8) is 0 Å². The number of carbonyl (C=O) groups excluding carboxylic acids is 2. The van der Waals surface area contributed by atoms with Crippen LogP contribution in [-0.2, 0) is 14.4 Å². The van der Waals surface area contributed by atoms with Crippen LogP contribution in [0.4, 0.5) is 0 Å². The molecule has 1 heterocycles. The predicted octanol–water partition coefficient (Wildman–Crippen LogP) is 1.99. The average Bonchev–Trinajstić information content (AvgIpc) is 2.74. The summed E-state index contributed by atoms with van der Waals surface area (Å²) in [7, 11) is 5.70. The number of likely N-dealkylation sites (tertiary alicyclic amines) is 1. The molecule has 1 saturated heterocycles. The van der Waals surface area contributed by atoms with Crippen molar-refractivity contribution in [1.82, 2.24) is 4.90 Å². The first-order valence-electron chi connectivity index (χ1n) is 7.29. The number of nitrogens with zero attached hydrogens (tertiary/aromatic N) is 1. The highest BCUT2D eigenvalue weighted by Gasteiger charge is 2.47. The second-order valence-corrected chi connectivity index (χ2v) is 6.80. The second-order valence-electron chi connectivity index (χ2n) is 5.63. The Morgan fingerprint density at radius 2 is 2.10 bits per heavy atom. The van der Waals surface area contributed by atoms with E-state index in [2.05, 4.69) is 0 Å². The summed E-state index contributed by atoms with van der Waals surface area (Å²) >= 11 is 1.15. The van der Waals surface area contributed by atoms with Crippen molar-refractivity contribution in [3.8, 4) is 0 Å². The van der Waals surface area contributed by atoms with Gasteiger partial charge in [-0.05, 0) is 19.3 Å². The zero-order chi connectivity index (χ0) is 16.0. The van der Waals surface area contributed by atoms with E-state index in [1.54, 1.807) is 0 Å². The van der Waals surface area contributed by atoms with Gasteiger partial charge in [0.2, 0.25) is 11.8 Å². The Kier molecular flexibility index (Phi) is 6.77. The number of carboxylic acids is 1. The summed E-state index contributed by atoms with van der Waals surface area (Å²) in [5, 5.41) is 8.55. The first-order chi connectivity index (χ1) is 9.85. The zero-order valence-corrected chi connectivity index (χ0v) is 13.4. The number of hydrogen-bond donors (Lipinski definition) is 1. The minimum Gasteiger partial charge on any atom is -0.481 e. The van der Waals surface area contributed by atoms with E-state index in [1.807, 2.05) is 13.8 Å². The third-order valence-electron chi connectivity index (χ3n) is 4.22. The summed E-state index contributed by atoms with van der Waals surface area (Å²) in [6, 6.07) is 0. The maximum Gasteiger partial charge on any atom is 0.303 e. The molecule has 1 fully saturated rings. The molecule has 0 aromatic heterocycles. The number of carbonyl (C=O) groups is 3. The Hall–Kier alpha value is -0.975. The van der Waals surface area contributed by atoms with Crippen LogP contribution in [-0.4, -0.2) is 46.2 Å². The fraction of sp³-hybridized carbons (Fsp3) is 0.786. The van der Waals surface area contributed by atoms with Crippen molar-refractivity contribution in [1.29, 1.82) is 0 Å². The van der Waals surface area contributed by atoms with Gasteiger partial charge in [-0.25, -0.2) is 11.6 Å². The lowest BCUT2D eigenvalue weighted by Crippen LogP contribution is -2.38. The molecule has 0 spiro atoms. The van der Waals surface area contributed by atoms with Gasteiger partial charge < -0.3 is 5.11 Å². The number of amides is 2. The molecule has 0 saturated carbocycles. The van der Waals surface area contributed by atoms with E-state index in [9.17, 15) is 14.4 Å². The van der Waals surface area contributed by atoms with Gasteiger partial charge >= 0.3 is 5.97 Å². The largest absolute Gasteiger partial charge is 0.481 e. The third kappa shape index (κ3) is 4.50. The maximum atomic E-state index is 12.4. The summed E-state index contributed by atoms with van der Waals surface area (Å²) in [5.74, 6) is -1.46. The van der Waals surface area contributed by atoms with Gasteiger partial charge in [-0.2, -0.15) is 0 Å². The standard InChI is InChI=1S/C14H22BNO4S/c1-3-14(2,21-15)10-9-11(17)16(13(10)20)8-6-4-5-7-12(18)19/h10H,3-9H2,1-2H3,(H,18,19). The number of unbranched alkanes of at least 4 members (excludes halogenated alkanes) is 2. The quantitative estimate of drug-likeness (QED) is 0.400. The van der Waals surface area contributed by atoms with E-state index in [0.29, 0.717) is 25.8 Å². The van der Waals surface area contributed by atoms with Crippen LogP contribution < -0.4 is 0 Å². The molecule has 1 N–H and O–H groups in total. The molecule has 21 heavy (non-hydrogen) atoms. The van der Waals surface area contributed by atoms with Gasteiger partial charge in [0.05, 0.1) is 5.92 Å². The van der Waals surface area contributed by atoms with E-state index >= 15 is 0 Å². The molecule has 0 bridgehead atoms. The van der Waals surface area contributed by atoms with Crippen LogP contribution in [0.25, 0.3) is 0 Å². The van der Waals surface area contributed by atoms with Crippen molar-refractivity contribution in [2.75, 3.05) is 6.54 Å². The molecule has 2 unspecified atom stereocenters. The molecule has 2 radical (unpaired) electrons. The molecule has 1 aliphatic rings. The Morgan fingerprint density at radius 3 is 2.62 bits per heavy atom. The molecule has 5 nitrogen and oxygen atoms in total. The topological polar surface area (TPSA) is 74.7 Å². The van der Waals surface area contributed by atoms with Crippen LogP contribution >= 0.6 is 11.6 Å². The molecule has 2 amide bonds. The van der Waals surface area contributed by atoms with Crippen molar-refractivity contribution >= 4 is 36.5 Å². The van der Waals surface area contributed by atoms with Crippen LogP contribution in [0.15, 0.2) is 0 Å². The van der Waals surface area contributed by atoms with Crippen LogP contribution in [0.2, 0.25) is 0 Å². The summed E-state index contributed by atoms with van der Waals surface area (Å²) in [6.07, 6.45) is 3.00. The Labute approximate surface area is 131 Å².